The predicted molar refractivity (Wildman–Crippen MR) is 73.2 cm³/mol. The van der Waals surface area contributed by atoms with Crippen LogP contribution in [-0.4, -0.2) is 43.5 Å². The molecule has 0 aromatic carbocycles. The molecule has 1 unspecified atom stereocenters. The number of ether oxygens (including phenoxy) is 1. The van der Waals surface area contributed by atoms with Gasteiger partial charge in [-0.05, 0) is 32.2 Å². The molecule has 19 heavy (non-hydrogen) atoms. The highest BCUT2D eigenvalue weighted by Gasteiger charge is 2.21. The van der Waals surface area contributed by atoms with Gasteiger partial charge in [-0.3, -0.25) is 0 Å². The molecule has 0 spiro atoms. The molecule has 6 nitrogen and oxygen atoms in total. The number of nitrogens with zero attached hydrogens (tertiary/aromatic N) is 3. The van der Waals surface area contributed by atoms with Crippen molar-refractivity contribution in [2.45, 2.75) is 32.7 Å². The summed E-state index contributed by atoms with van der Waals surface area (Å²) in [4.78, 5) is 1.93. The zero-order chi connectivity index (χ0) is 13.7. The maximum atomic E-state index is 5.64. The second-order valence-corrected chi connectivity index (χ2v) is 5.14. The molecule has 1 atom stereocenters. The minimum Gasteiger partial charge on any atom is -0.406 e. The Morgan fingerprint density at radius 2 is 2.26 bits per heavy atom. The lowest BCUT2D eigenvalue weighted by Gasteiger charge is -2.14. The standard InChI is InChI=1S/C13H24N4O2/c1-4-14-10(2)12-15-16-13(19-12)17(3)7-8-18-9-11-5-6-11/h10-11,14H,4-9H2,1-3H3. The van der Waals surface area contributed by atoms with Gasteiger partial charge < -0.3 is 19.4 Å². The maximum absolute atomic E-state index is 5.64. The minimum atomic E-state index is 0.0887. The minimum absolute atomic E-state index is 0.0887. The topological polar surface area (TPSA) is 63.4 Å². The summed E-state index contributed by atoms with van der Waals surface area (Å²) in [6.45, 7) is 7.30. The van der Waals surface area contributed by atoms with Gasteiger partial charge in [0.25, 0.3) is 0 Å². The largest absolute Gasteiger partial charge is 0.406 e. The van der Waals surface area contributed by atoms with Crippen molar-refractivity contribution >= 4 is 6.01 Å². The Labute approximate surface area is 114 Å². The SMILES string of the molecule is CCNC(C)c1nnc(N(C)CCOCC2CC2)o1. The van der Waals surface area contributed by atoms with E-state index in [1.165, 1.54) is 12.8 Å². The van der Waals surface area contributed by atoms with E-state index in [0.717, 1.165) is 25.6 Å². The normalized spacial score (nSPS) is 16.6. The number of nitrogens with one attached hydrogen (secondary N) is 1. The number of aromatic nitrogens is 2. The highest BCUT2D eigenvalue weighted by molar-refractivity contribution is 5.21. The Balaban J connectivity index is 1.72. The molecular weight excluding hydrogens is 244 g/mol. The van der Waals surface area contributed by atoms with Crippen molar-refractivity contribution < 1.29 is 9.15 Å². The number of hydrogen-bond donors (Lipinski definition) is 1. The molecule has 6 heteroatoms. The van der Waals surface area contributed by atoms with Crippen LogP contribution in [0.4, 0.5) is 6.01 Å². The maximum Gasteiger partial charge on any atom is 0.318 e. The van der Waals surface area contributed by atoms with Crippen molar-refractivity contribution in [2.24, 2.45) is 5.92 Å². The van der Waals surface area contributed by atoms with Crippen LogP contribution in [0, 0.1) is 5.92 Å². The van der Waals surface area contributed by atoms with Gasteiger partial charge in [0.2, 0.25) is 5.89 Å². The molecule has 0 bridgehead atoms. The summed E-state index contributed by atoms with van der Waals surface area (Å²) >= 11 is 0. The van der Waals surface area contributed by atoms with Gasteiger partial charge in [-0.25, -0.2) is 0 Å². The van der Waals surface area contributed by atoms with Gasteiger partial charge >= 0.3 is 6.01 Å². The van der Waals surface area contributed by atoms with E-state index in [9.17, 15) is 0 Å². The summed E-state index contributed by atoms with van der Waals surface area (Å²) in [5.41, 5.74) is 0. The van der Waals surface area contributed by atoms with Crippen molar-refractivity contribution in [1.29, 1.82) is 0 Å². The van der Waals surface area contributed by atoms with E-state index in [0.29, 0.717) is 18.5 Å². The second-order valence-electron chi connectivity index (χ2n) is 5.14. The molecule has 1 fully saturated rings. The first kappa shape index (κ1) is 14.3. The second kappa shape index (κ2) is 6.86. The summed E-state index contributed by atoms with van der Waals surface area (Å²) < 4.78 is 11.2. The zero-order valence-electron chi connectivity index (χ0n) is 12.1. The molecule has 1 aliphatic rings. The third kappa shape index (κ3) is 4.47. The molecular formula is C13H24N4O2. The van der Waals surface area contributed by atoms with E-state index in [1.54, 1.807) is 0 Å². The van der Waals surface area contributed by atoms with Crippen molar-refractivity contribution in [3.63, 3.8) is 0 Å². The average Bonchev–Trinajstić information content (AvgIpc) is 3.08. The molecule has 0 radical (unpaired) electrons. The third-order valence-corrected chi connectivity index (χ3v) is 3.26. The quantitative estimate of drug-likeness (QED) is 0.686. The third-order valence-electron chi connectivity index (χ3n) is 3.26. The van der Waals surface area contributed by atoms with Crippen molar-refractivity contribution in [1.82, 2.24) is 15.5 Å². The van der Waals surface area contributed by atoms with E-state index in [2.05, 4.69) is 22.4 Å². The van der Waals surface area contributed by atoms with Gasteiger partial charge in [-0.15, -0.1) is 5.10 Å². The van der Waals surface area contributed by atoms with Crippen LogP contribution in [0.2, 0.25) is 0 Å². The molecule has 1 aromatic heterocycles. The lowest BCUT2D eigenvalue weighted by atomic mass is 10.3. The number of anilines is 1. The molecule has 108 valence electrons. The van der Waals surface area contributed by atoms with Crippen molar-refractivity contribution in [3.8, 4) is 0 Å². The van der Waals surface area contributed by atoms with E-state index < -0.39 is 0 Å². The molecule has 1 aliphatic carbocycles. The van der Waals surface area contributed by atoms with Gasteiger partial charge in [-0.1, -0.05) is 12.0 Å². The number of likely N-dealkylation sites (N-methyl/N-ethyl adjacent to an activating group) is 1. The first-order valence-electron chi connectivity index (χ1n) is 7.06. The molecule has 1 N–H and O–H groups in total. The number of rotatable bonds is 9. The predicted octanol–water partition coefficient (Wildman–Crippen LogP) is 1.60. The van der Waals surface area contributed by atoms with E-state index in [1.807, 2.05) is 18.9 Å². The lowest BCUT2D eigenvalue weighted by molar-refractivity contribution is 0.130. The monoisotopic (exact) mass is 268 g/mol. The smallest absolute Gasteiger partial charge is 0.318 e. The highest BCUT2D eigenvalue weighted by Crippen LogP contribution is 2.28. The average molecular weight is 268 g/mol. The molecule has 0 saturated heterocycles. The van der Waals surface area contributed by atoms with Crippen LogP contribution in [0.25, 0.3) is 0 Å². The van der Waals surface area contributed by atoms with Crippen LogP contribution in [0.5, 0.6) is 0 Å². The van der Waals surface area contributed by atoms with E-state index in [-0.39, 0.29) is 6.04 Å². The summed E-state index contributed by atoms with van der Waals surface area (Å²) in [6, 6.07) is 0.639. The summed E-state index contributed by atoms with van der Waals surface area (Å²) in [5, 5.41) is 11.4. The Morgan fingerprint density at radius 1 is 1.47 bits per heavy atom. The first-order chi connectivity index (χ1) is 9.20. The zero-order valence-corrected chi connectivity index (χ0v) is 12.1. The van der Waals surface area contributed by atoms with Crippen LogP contribution in [0.15, 0.2) is 4.42 Å². The van der Waals surface area contributed by atoms with E-state index >= 15 is 0 Å². The lowest BCUT2D eigenvalue weighted by Crippen LogP contribution is -2.23. The Morgan fingerprint density at radius 3 is 2.95 bits per heavy atom. The molecule has 0 aliphatic heterocycles. The fourth-order valence-electron chi connectivity index (χ4n) is 1.78. The van der Waals surface area contributed by atoms with Crippen molar-refractivity contribution in [3.05, 3.63) is 5.89 Å². The highest BCUT2D eigenvalue weighted by atomic mass is 16.5. The molecule has 0 amide bonds. The van der Waals surface area contributed by atoms with Crippen molar-refractivity contribution in [2.75, 3.05) is 38.3 Å². The summed E-state index contributed by atoms with van der Waals surface area (Å²) in [5.74, 6) is 1.43. The molecule has 2 rings (SSSR count). The van der Waals surface area contributed by atoms with Crippen LogP contribution in [-0.2, 0) is 4.74 Å². The van der Waals surface area contributed by atoms with Crippen LogP contribution in [0.1, 0.15) is 38.6 Å². The fourth-order valence-corrected chi connectivity index (χ4v) is 1.78. The Hall–Kier alpha value is -1.14. The first-order valence-corrected chi connectivity index (χ1v) is 7.06. The van der Waals surface area contributed by atoms with Gasteiger partial charge in [0.15, 0.2) is 0 Å². The van der Waals surface area contributed by atoms with Crippen LogP contribution < -0.4 is 10.2 Å². The summed E-state index contributed by atoms with van der Waals surface area (Å²) in [7, 11) is 1.94. The number of hydrogen-bond acceptors (Lipinski definition) is 6. The Kier molecular flexibility index (Phi) is 5.15. The van der Waals surface area contributed by atoms with Gasteiger partial charge in [0.05, 0.1) is 12.6 Å². The fraction of sp³-hybridized carbons (Fsp3) is 0.846. The molecule has 1 heterocycles. The summed E-state index contributed by atoms with van der Waals surface area (Å²) in [6.07, 6.45) is 2.65. The van der Waals surface area contributed by atoms with Gasteiger partial charge in [-0.2, -0.15) is 0 Å². The van der Waals surface area contributed by atoms with Crippen LogP contribution >= 0.6 is 0 Å². The Bertz CT molecular complexity index is 378. The molecule has 1 aromatic rings. The van der Waals surface area contributed by atoms with E-state index in [4.69, 9.17) is 9.15 Å². The van der Waals surface area contributed by atoms with Gasteiger partial charge in [0, 0.05) is 20.2 Å². The molecule has 1 saturated carbocycles. The van der Waals surface area contributed by atoms with Crippen LogP contribution in [0.3, 0.4) is 0 Å². The van der Waals surface area contributed by atoms with Gasteiger partial charge in [0.1, 0.15) is 0 Å².